The number of sulfonamides is 1. The van der Waals surface area contributed by atoms with E-state index in [2.05, 4.69) is 20.7 Å². The lowest BCUT2D eigenvalue weighted by Gasteiger charge is -2.20. The molecule has 7 nitrogen and oxygen atoms in total. The van der Waals surface area contributed by atoms with Crippen LogP contribution in [-0.4, -0.2) is 50.4 Å². The number of carbonyl (C=O) groups excluding carboxylic acids is 2. The molecule has 9 heteroatoms. The zero-order chi connectivity index (χ0) is 19.5. The zero-order valence-corrected chi connectivity index (χ0v) is 17.4. The summed E-state index contributed by atoms with van der Waals surface area (Å²) in [4.78, 5) is 25.9. The summed E-state index contributed by atoms with van der Waals surface area (Å²) in [5.41, 5.74) is -0.606. The van der Waals surface area contributed by atoms with Gasteiger partial charge in [0, 0.05) is 23.1 Å². The van der Waals surface area contributed by atoms with Crippen LogP contribution in [0.25, 0.3) is 0 Å². The first-order chi connectivity index (χ1) is 12.0. The molecular weight excluding hydrogens is 424 g/mol. The van der Waals surface area contributed by atoms with Gasteiger partial charge >= 0.3 is 5.97 Å². The summed E-state index contributed by atoms with van der Waals surface area (Å²) < 4.78 is 32.9. The summed E-state index contributed by atoms with van der Waals surface area (Å²) in [5.74, 6) is -0.998. The maximum absolute atomic E-state index is 12.4. The monoisotopic (exact) mass is 446 g/mol. The highest BCUT2D eigenvalue weighted by Crippen LogP contribution is 2.23. The lowest BCUT2D eigenvalue weighted by molar-refractivity contribution is -0.133. The van der Waals surface area contributed by atoms with Crippen LogP contribution in [0.4, 0.5) is 0 Å². The van der Waals surface area contributed by atoms with Crippen LogP contribution in [0.3, 0.4) is 0 Å². The van der Waals surface area contributed by atoms with E-state index in [-0.39, 0.29) is 23.0 Å². The number of hydrogen-bond acceptors (Lipinski definition) is 5. The van der Waals surface area contributed by atoms with Gasteiger partial charge in [-0.15, -0.1) is 0 Å². The van der Waals surface area contributed by atoms with Crippen molar-refractivity contribution in [2.45, 2.75) is 44.0 Å². The number of amides is 1. The quantitative estimate of drug-likeness (QED) is 0.700. The highest BCUT2D eigenvalue weighted by molar-refractivity contribution is 9.10. The highest BCUT2D eigenvalue weighted by atomic mass is 79.9. The molecule has 1 aromatic rings. The Hall–Kier alpha value is -1.45. The number of likely N-dealkylation sites (tertiary alicyclic amines) is 1. The fourth-order valence-electron chi connectivity index (χ4n) is 2.55. The largest absolute Gasteiger partial charge is 0.452 e. The normalized spacial score (nSPS) is 15.2. The number of esters is 1. The second kappa shape index (κ2) is 8.06. The number of nitrogens with zero attached hydrogens (tertiary/aromatic N) is 1. The van der Waals surface area contributed by atoms with E-state index in [1.54, 1.807) is 25.7 Å². The first-order valence-electron chi connectivity index (χ1n) is 8.28. The van der Waals surface area contributed by atoms with Crippen LogP contribution in [0.15, 0.2) is 27.6 Å². The Kier molecular flexibility index (Phi) is 6.46. The van der Waals surface area contributed by atoms with Gasteiger partial charge in [-0.3, -0.25) is 4.79 Å². The van der Waals surface area contributed by atoms with Crippen molar-refractivity contribution in [3.63, 3.8) is 0 Å². The molecule has 0 saturated carbocycles. The molecule has 1 aliphatic rings. The van der Waals surface area contributed by atoms with Crippen LogP contribution in [0.2, 0.25) is 0 Å². The molecule has 1 amide bonds. The minimum absolute atomic E-state index is 0.0477. The van der Waals surface area contributed by atoms with E-state index in [0.29, 0.717) is 17.6 Å². The first kappa shape index (κ1) is 20.9. The number of carbonyl (C=O) groups is 2. The van der Waals surface area contributed by atoms with Gasteiger partial charge < -0.3 is 9.64 Å². The molecule has 0 atom stereocenters. The molecule has 1 N–H and O–H groups in total. The third-order valence-corrected chi connectivity index (χ3v) is 6.14. The number of benzene rings is 1. The molecule has 1 fully saturated rings. The molecule has 1 aromatic carbocycles. The van der Waals surface area contributed by atoms with E-state index in [0.717, 1.165) is 12.8 Å². The number of rotatable bonds is 5. The Balaban J connectivity index is 2.13. The van der Waals surface area contributed by atoms with Gasteiger partial charge in [0.05, 0.1) is 10.5 Å². The smallest absolute Gasteiger partial charge is 0.339 e. The molecule has 0 bridgehead atoms. The fourth-order valence-corrected chi connectivity index (χ4v) is 4.41. The third-order valence-electron chi connectivity index (χ3n) is 3.69. The van der Waals surface area contributed by atoms with Crippen molar-refractivity contribution >= 4 is 37.8 Å². The average molecular weight is 447 g/mol. The molecule has 144 valence electrons. The minimum atomic E-state index is -3.79. The van der Waals surface area contributed by atoms with E-state index in [1.807, 2.05) is 0 Å². The van der Waals surface area contributed by atoms with E-state index in [9.17, 15) is 18.0 Å². The Morgan fingerprint density at radius 3 is 2.42 bits per heavy atom. The summed E-state index contributed by atoms with van der Waals surface area (Å²) in [6.45, 7) is 6.16. The van der Waals surface area contributed by atoms with Crippen molar-refractivity contribution < 1.29 is 22.7 Å². The van der Waals surface area contributed by atoms with Crippen molar-refractivity contribution in [3.05, 3.63) is 28.2 Å². The lowest BCUT2D eigenvalue weighted by atomic mass is 10.1. The SMILES string of the molecule is CC(C)(C)NS(=O)(=O)c1ccc(Br)c(C(=O)OCC(=O)N2CCCC2)c1. The summed E-state index contributed by atoms with van der Waals surface area (Å²) in [5, 5.41) is 0. The zero-order valence-electron chi connectivity index (χ0n) is 15.0. The van der Waals surface area contributed by atoms with Crippen LogP contribution in [0.5, 0.6) is 0 Å². The van der Waals surface area contributed by atoms with Gasteiger partial charge in [0.25, 0.3) is 5.91 Å². The molecule has 0 spiro atoms. The second-order valence-corrected chi connectivity index (χ2v) is 9.70. The average Bonchev–Trinajstić information content (AvgIpc) is 3.04. The summed E-state index contributed by atoms with van der Waals surface area (Å²) >= 11 is 3.22. The highest BCUT2D eigenvalue weighted by Gasteiger charge is 2.25. The van der Waals surface area contributed by atoms with Crippen LogP contribution < -0.4 is 4.72 Å². The van der Waals surface area contributed by atoms with Gasteiger partial charge in [-0.05, 0) is 67.7 Å². The van der Waals surface area contributed by atoms with Crippen molar-refractivity contribution in [2.75, 3.05) is 19.7 Å². The maximum atomic E-state index is 12.4. The molecule has 1 saturated heterocycles. The van der Waals surface area contributed by atoms with Crippen molar-refractivity contribution in [1.29, 1.82) is 0 Å². The second-order valence-electron chi connectivity index (χ2n) is 7.16. The predicted octanol–water partition coefficient (Wildman–Crippen LogP) is 2.31. The molecule has 0 radical (unpaired) electrons. The fraction of sp³-hybridized carbons (Fsp3) is 0.529. The summed E-state index contributed by atoms with van der Waals surface area (Å²) in [6, 6.07) is 4.10. The summed E-state index contributed by atoms with van der Waals surface area (Å²) in [6.07, 6.45) is 1.90. The van der Waals surface area contributed by atoms with Gasteiger partial charge in [0.15, 0.2) is 6.61 Å². The van der Waals surface area contributed by atoms with Crippen molar-refractivity contribution in [2.24, 2.45) is 0 Å². The summed E-state index contributed by atoms with van der Waals surface area (Å²) in [7, 11) is -3.79. The van der Waals surface area contributed by atoms with Crippen LogP contribution >= 0.6 is 15.9 Å². The molecule has 1 aliphatic heterocycles. The van der Waals surface area contributed by atoms with Gasteiger partial charge in [0.1, 0.15) is 0 Å². The van der Waals surface area contributed by atoms with Gasteiger partial charge in [-0.2, -0.15) is 0 Å². The van der Waals surface area contributed by atoms with E-state index < -0.39 is 21.5 Å². The minimum Gasteiger partial charge on any atom is -0.452 e. The first-order valence-corrected chi connectivity index (χ1v) is 10.6. The number of ether oxygens (including phenoxy) is 1. The molecule has 0 unspecified atom stereocenters. The van der Waals surface area contributed by atoms with Crippen molar-refractivity contribution in [3.8, 4) is 0 Å². The van der Waals surface area contributed by atoms with E-state index in [4.69, 9.17) is 4.74 Å². The Labute approximate surface area is 162 Å². The topological polar surface area (TPSA) is 92.8 Å². The molecule has 1 heterocycles. The number of halogens is 1. The Morgan fingerprint density at radius 1 is 1.23 bits per heavy atom. The number of hydrogen-bond donors (Lipinski definition) is 1. The predicted molar refractivity (Wildman–Crippen MR) is 100 cm³/mol. The van der Waals surface area contributed by atoms with E-state index >= 15 is 0 Å². The van der Waals surface area contributed by atoms with Gasteiger partial charge in [0.2, 0.25) is 10.0 Å². The third kappa shape index (κ3) is 5.52. The molecule has 2 rings (SSSR count). The van der Waals surface area contributed by atoms with Crippen LogP contribution in [0, 0.1) is 0 Å². The van der Waals surface area contributed by atoms with Gasteiger partial charge in [-0.1, -0.05) is 0 Å². The van der Waals surface area contributed by atoms with Gasteiger partial charge in [-0.25, -0.2) is 17.9 Å². The Morgan fingerprint density at radius 2 is 1.85 bits per heavy atom. The molecule has 26 heavy (non-hydrogen) atoms. The maximum Gasteiger partial charge on any atom is 0.339 e. The Bertz CT molecular complexity index is 796. The standard InChI is InChI=1S/C17H23BrN2O5S/c1-17(2,3)19-26(23,24)12-6-7-14(18)13(10-12)16(22)25-11-15(21)20-8-4-5-9-20/h6-7,10,19H,4-5,8-9,11H2,1-3H3. The van der Waals surface area contributed by atoms with Crippen LogP contribution in [-0.2, 0) is 19.6 Å². The van der Waals surface area contributed by atoms with Crippen molar-refractivity contribution in [1.82, 2.24) is 9.62 Å². The van der Waals surface area contributed by atoms with Crippen LogP contribution in [0.1, 0.15) is 44.0 Å². The molecule has 0 aromatic heterocycles. The molecule has 0 aliphatic carbocycles. The van der Waals surface area contributed by atoms with E-state index in [1.165, 1.54) is 18.2 Å². The lowest BCUT2D eigenvalue weighted by Crippen LogP contribution is -2.40. The molecular formula is C17H23BrN2O5S. The number of nitrogens with one attached hydrogen (secondary N) is 1.